The van der Waals surface area contributed by atoms with Crippen molar-refractivity contribution in [2.24, 2.45) is 5.84 Å². The predicted molar refractivity (Wildman–Crippen MR) is 54.2 cm³/mol. The number of hydrazine groups is 1. The monoisotopic (exact) mass is 186 g/mol. The van der Waals surface area contributed by atoms with Gasteiger partial charge in [-0.1, -0.05) is 19.8 Å². The number of hydrogen-bond donors (Lipinski definition) is 2. The maximum atomic E-state index is 5.77. The molecule has 1 saturated heterocycles. The highest BCUT2D eigenvalue weighted by Crippen LogP contribution is 2.23. The van der Waals surface area contributed by atoms with E-state index in [-0.39, 0.29) is 0 Å². The minimum absolute atomic E-state index is 0.339. The second-order valence-electron chi connectivity index (χ2n) is 3.98. The molecule has 3 nitrogen and oxygen atoms in total. The molecule has 0 aromatic heterocycles. The van der Waals surface area contributed by atoms with E-state index in [1.807, 2.05) is 0 Å². The van der Waals surface area contributed by atoms with Crippen molar-refractivity contribution in [3.63, 3.8) is 0 Å². The Balaban J connectivity index is 2.29. The summed E-state index contributed by atoms with van der Waals surface area (Å²) in [5, 5.41) is 0. The molecule has 0 aliphatic carbocycles. The average molecular weight is 186 g/mol. The van der Waals surface area contributed by atoms with Gasteiger partial charge >= 0.3 is 0 Å². The molecule has 0 radical (unpaired) electrons. The Hall–Kier alpha value is -0.120. The minimum atomic E-state index is 0.339. The Morgan fingerprint density at radius 3 is 2.77 bits per heavy atom. The molecule has 0 aromatic rings. The first-order valence-electron chi connectivity index (χ1n) is 5.39. The molecule has 0 bridgehead atoms. The highest BCUT2D eigenvalue weighted by molar-refractivity contribution is 4.81. The van der Waals surface area contributed by atoms with E-state index in [0.29, 0.717) is 18.2 Å². The van der Waals surface area contributed by atoms with Crippen LogP contribution in [0.5, 0.6) is 0 Å². The lowest BCUT2D eigenvalue weighted by Gasteiger charge is -2.22. The molecule has 0 saturated carbocycles. The Kier molecular flexibility index (Phi) is 4.70. The zero-order valence-electron chi connectivity index (χ0n) is 8.75. The maximum Gasteiger partial charge on any atom is 0.0746 e. The van der Waals surface area contributed by atoms with Crippen LogP contribution < -0.4 is 11.3 Å². The third-order valence-corrected chi connectivity index (χ3v) is 2.80. The van der Waals surface area contributed by atoms with E-state index in [2.05, 4.69) is 19.3 Å². The predicted octanol–water partition coefficient (Wildman–Crippen LogP) is 1.58. The standard InChI is InChI=1S/C10H22N2O/c1-3-4-5-9(12-11)10-7-6-8(2)13-10/h8-10,12H,3-7,11H2,1-2H3. The molecule has 0 spiro atoms. The summed E-state index contributed by atoms with van der Waals surface area (Å²) >= 11 is 0. The van der Waals surface area contributed by atoms with E-state index >= 15 is 0 Å². The van der Waals surface area contributed by atoms with Crippen molar-refractivity contribution in [3.8, 4) is 0 Å². The molecule has 1 rings (SSSR count). The summed E-state index contributed by atoms with van der Waals surface area (Å²) in [6, 6.07) is 0.352. The third-order valence-electron chi connectivity index (χ3n) is 2.80. The van der Waals surface area contributed by atoms with Gasteiger partial charge in [0.05, 0.1) is 12.2 Å². The van der Waals surface area contributed by atoms with Gasteiger partial charge in [-0.2, -0.15) is 0 Å². The van der Waals surface area contributed by atoms with Crippen molar-refractivity contribution in [2.45, 2.75) is 64.2 Å². The van der Waals surface area contributed by atoms with E-state index < -0.39 is 0 Å². The van der Waals surface area contributed by atoms with Gasteiger partial charge in [-0.3, -0.25) is 11.3 Å². The largest absolute Gasteiger partial charge is 0.374 e. The van der Waals surface area contributed by atoms with Gasteiger partial charge in [0.25, 0.3) is 0 Å². The topological polar surface area (TPSA) is 47.3 Å². The van der Waals surface area contributed by atoms with E-state index in [1.165, 1.54) is 19.3 Å². The summed E-state index contributed by atoms with van der Waals surface area (Å²) in [4.78, 5) is 0. The molecule has 1 fully saturated rings. The highest BCUT2D eigenvalue weighted by atomic mass is 16.5. The van der Waals surface area contributed by atoms with Gasteiger partial charge < -0.3 is 4.74 Å². The van der Waals surface area contributed by atoms with Crippen LogP contribution in [0.15, 0.2) is 0 Å². The normalized spacial score (nSPS) is 30.7. The Morgan fingerprint density at radius 1 is 1.54 bits per heavy atom. The molecule has 1 aliphatic rings. The molecule has 1 aliphatic heterocycles. The fraction of sp³-hybridized carbons (Fsp3) is 1.00. The lowest BCUT2D eigenvalue weighted by Crippen LogP contribution is -2.43. The summed E-state index contributed by atoms with van der Waals surface area (Å²) in [5.41, 5.74) is 2.87. The fourth-order valence-corrected chi connectivity index (χ4v) is 1.93. The number of unbranched alkanes of at least 4 members (excludes halogenated alkanes) is 1. The van der Waals surface area contributed by atoms with E-state index in [0.717, 1.165) is 12.8 Å². The molecule has 13 heavy (non-hydrogen) atoms. The van der Waals surface area contributed by atoms with Crippen molar-refractivity contribution < 1.29 is 4.74 Å². The summed E-state index contributed by atoms with van der Waals surface area (Å²) in [6.07, 6.45) is 6.66. The van der Waals surface area contributed by atoms with Crippen molar-refractivity contribution in [2.75, 3.05) is 0 Å². The van der Waals surface area contributed by atoms with Crippen LogP contribution in [0.4, 0.5) is 0 Å². The van der Waals surface area contributed by atoms with Gasteiger partial charge in [-0.05, 0) is 26.2 Å². The first kappa shape index (κ1) is 11.0. The van der Waals surface area contributed by atoms with Crippen molar-refractivity contribution in [3.05, 3.63) is 0 Å². The van der Waals surface area contributed by atoms with Crippen molar-refractivity contribution in [1.29, 1.82) is 0 Å². The highest BCUT2D eigenvalue weighted by Gasteiger charge is 2.28. The Labute approximate surface area is 81.0 Å². The first-order valence-corrected chi connectivity index (χ1v) is 5.39. The van der Waals surface area contributed by atoms with Gasteiger partial charge in [0.15, 0.2) is 0 Å². The molecule has 3 unspecified atom stereocenters. The summed E-state index contributed by atoms with van der Waals surface area (Å²) in [6.45, 7) is 4.33. The maximum absolute atomic E-state index is 5.77. The zero-order chi connectivity index (χ0) is 9.68. The average Bonchev–Trinajstić information content (AvgIpc) is 2.54. The van der Waals surface area contributed by atoms with Crippen LogP contribution in [0.25, 0.3) is 0 Å². The Morgan fingerprint density at radius 2 is 2.31 bits per heavy atom. The molecule has 3 atom stereocenters. The van der Waals surface area contributed by atoms with Gasteiger partial charge in [0.1, 0.15) is 0 Å². The number of nitrogens with two attached hydrogens (primary N) is 1. The van der Waals surface area contributed by atoms with Crippen LogP contribution in [0, 0.1) is 0 Å². The summed E-state index contributed by atoms with van der Waals surface area (Å²) in [7, 11) is 0. The quantitative estimate of drug-likeness (QED) is 0.506. The number of ether oxygens (including phenoxy) is 1. The smallest absolute Gasteiger partial charge is 0.0746 e. The fourth-order valence-electron chi connectivity index (χ4n) is 1.93. The molecule has 3 heteroatoms. The van der Waals surface area contributed by atoms with Crippen LogP contribution in [0.3, 0.4) is 0 Å². The summed E-state index contributed by atoms with van der Waals surface area (Å²) in [5.74, 6) is 5.51. The van der Waals surface area contributed by atoms with Gasteiger partial charge in [-0.15, -0.1) is 0 Å². The van der Waals surface area contributed by atoms with Gasteiger partial charge in [0.2, 0.25) is 0 Å². The number of nitrogens with one attached hydrogen (secondary N) is 1. The SMILES string of the molecule is CCCCC(NN)C1CCC(C)O1. The molecule has 3 N–H and O–H groups in total. The van der Waals surface area contributed by atoms with E-state index in [4.69, 9.17) is 10.6 Å². The molecule has 1 heterocycles. The van der Waals surface area contributed by atoms with Crippen LogP contribution >= 0.6 is 0 Å². The van der Waals surface area contributed by atoms with Crippen LogP contribution in [-0.2, 0) is 4.74 Å². The summed E-state index contributed by atoms with van der Waals surface area (Å²) < 4.78 is 5.77. The zero-order valence-corrected chi connectivity index (χ0v) is 8.75. The molecule has 0 aromatic carbocycles. The number of rotatable bonds is 5. The van der Waals surface area contributed by atoms with Crippen molar-refractivity contribution >= 4 is 0 Å². The van der Waals surface area contributed by atoms with Gasteiger partial charge in [0, 0.05) is 6.04 Å². The molecule has 78 valence electrons. The third kappa shape index (κ3) is 3.25. The number of hydrogen-bond acceptors (Lipinski definition) is 3. The van der Waals surface area contributed by atoms with Crippen LogP contribution in [0.1, 0.15) is 46.0 Å². The first-order chi connectivity index (χ1) is 6.27. The van der Waals surface area contributed by atoms with Crippen molar-refractivity contribution in [1.82, 2.24) is 5.43 Å². The lowest BCUT2D eigenvalue weighted by atomic mass is 10.0. The second kappa shape index (κ2) is 5.58. The van der Waals surface area contributed by atoms with Gasteiger partial charge in [-0.25, -0.2) is 0 Å². The lowest BCUT2D eigenvalue weighted by molar-refractivity contribution is 0.0296. The van der Waals surface area contributed by atoms with Crippen LogP contribution in [-0.4, -0.2) is 18.2 Å². The van der Waals surface area contributed by atoms with E-state index in [1.54, 1.807) is 0 Å². The molecular weight excluding hydrogens is 164 g/mol. The molecule has 0 amide bonds. The minimum Gasteiger partial charge on any atom is -0.374 e. The second-order valence-corrected chi connectivity index (χ2v) is 3.98. The van der Waals surface area contributed by atoms with Crippen LogP contribution in [0.2, 0.25) is 0 Å². The molecular formula is C10H22N2O. The Bertz CT molecular complexity index is 141. The van der Waals surface area contributed by atoms with E-state index in [9.17, 15) is 0 Å².